The molecule has 0 aliphatic carbocycles. The number of hydrogen-bond acceptors (Lipinski definition) is 5. The lowest BCUT2D eigenvalue weighted by Crippen LogP contribution is -2.56. The molecule has 2 aliphatic heterocycles. The highest BCUT2D eigenvalue weighted by Crippen LogP contribution is 2.38. The van der Waals surface area contributed by atoms with E-state index in [1.165, 1.54) is 0 Å². The zero-order valence-corrected chi connectivity index (χ0v) is 24.2. The number of nitrogens with zero attached hydrogens (tertiary/aromatic N) is 4. The van der Waals surface area contributed by atoms with E-state index in [1.54, 1.807) is 12.4 Å². The molecule has 7 heteroatoms. The summed E-state index contributed by atoms with van der Waals surface area (Å²) in [5, 5.41) is 0. The van der Waals surface area contributed by atoms with Crippen LogP contribution in [0.15, 0.2) is 65.4 Å². The molecule has 1 aromatic heterocycles. The fourth-order valence-electron chi connectivity index (χ4n) is 6.11. The van der Waals surface area contributed by atoms with Gasteiger partial charge in [0.05, 0.1) is 0 Å². The van der Waals surface area contributed by atoms with Gasteiger partial charge in [-0.3, -0.25) is 9.69 Å². The monoisotopic (exact) mass is 576 g/mol. The van der Waals surface area contributed by atoms with Gasteiger partial charge >= 0.3 is 6.01 Å². The predicted molar refractivity (Wildman–Crippen MR) is 153 cm³/mol. The average molecular weight is 578 g/mol. The molecule has 0 saturated carbocycles. The topological polar surface area (TPSA) is 58.6 Å². The molecule has 0 bridgehead atoms. The van der Waals surface area contributed by atoms with E-state index >= 15 is 0 Å². The number of amides is 1. The van der Waals surface area contributed by atoms with Crippen molar-refractivity contribution in [2.24, 2.45) is 5.92 Å². The van der Waals surface area contributed by atoms with Gasteiger partial charge in [0.2, 0.25) is 0 Å². The first-order chi connectivity index (χ1) is 18.3. The Hall–Kier alpha value is -2.77. The van der Waals surface area contributed by atoms with E-state index in [2.05, 4.69) is 66.9 Å². The lowest BCUT2D eigenvalue weighted by Gasteiger charge is -2.49. The third-order valence-corrected chi connectivity index (χ3v) is 9.06. The molecule has 2 aromatic carbocycles. The van der Waals surface area contributed by atoms with Crippen molar-refractivity contribution in [3.8, 4) is 6.01 Å². The van der Waals surface area contributed by atoms with E-state index in [9.17, 15) is 4.79 Å². The van der Waals surface area contributed by atoms with Crippen molar-refractivity contribution >= 4 is 21.8 Å². The molecule has 6 nitrogen and oxygen atoms in total. The van der Waals surface area contributed by atoms with Gasteiger partial charge in [-0.2, -0.15) is 0 Å². The number of halogens is 1. The molecule has 200 valence electrons. The SMILES string of the molecule is Cc1cccc(C)c1C(=O)N1CCC(C)(N2CCC(C(Oc3ncccn3)c3ccc(Br)cc3)CC2)CC1. The lowest BCUT2D eigenvalue weighted by molar-refractivity contribution is -0.00686. The van der Waals surface area contributed by atoms with Gasteiger partial charge in [0.15, 0.2) is 0 Å². The molecule has 3 heterocycles. The number of aromatic nitrogens is 2. The number of hydrogen-bond donors (Lipinski definition) is 0. The molecule has 38 heavy (non-hydrogen) atoms. The Bertz CT molecular complexity index is 1210. The van der Waals surface area contributed by atoms with E-state index in [-0.39, 0.29) is 17.6 Å². The van der Waals surface area contributed by atoms with Crippen molar-refractivity contribution in [2.75, 3.05) is 26.2 Å². The number of piperidine rings is 2. The van der Waals surface area contributed by atoms with Crippen LogP contribution >= 0.6 is 15.9 Å². The summed E-state index contributed by atoms with van der Waals surface area (Å²) in [6.45, 7) is 10.1. The van der Waals surface area contributed by atoms with E-state index in [0.29, 0.717) is 11.9 Å². The number of rotatable bonds is 6. The Morgan fingerprint density at radius 2 is 1.55 bits per heavy atom. The molecular weight excluding hydrogens is 540 g/mol. The quantitative estimate of drug-likeness (QED) is 0.340. The Morgan fingerprint density at radius 1 is 0.947 bits per heavy atom. The average Bonchev–Trinajstić information content (AvgIpc) is 2.93. The van der Waals surface area contributed by atoms with Gasteiger partial charge in [-0.1, -0.05) is 46.3 Å². The van der Waals surface area contributed by atoms with Crippen LogP contribution in [0, 0.1) is 19.8 Å². The highest BCUT2D eigenvalue weighted by Gasteiger charge is 2.40. The molecule has 5 rings (SSSR count). The minimum atomic E-state index is -0.0859. The van der Waals surface area contributed by atoms with Crippen molar-refractivity contribution < 1.29 is 9.53 Å². The zero-order valence-electron chi connectivity index (χ0n) is 22.6. The summed E-state index contributed by atoms with van der Waals surface area (Å²) >= 11 is 3.55. The van der Waals surface area contributed by atoms with E-state index < -0.39 is 0 Å². The van der Waals surface area contributed by atoms with Crippen LogP contribution in [0.5, 0.6) is 6.01 Å². The third-order valence-electron chi connectivity index (χ3n) is 8.53. The second-order valence-electron chi connectivity index (χ2n) is 11.0. The van der Waals surface area contributed by atoms with Crippen LogP contribution in [-0.2, 0) is 0 Å². The Morgan fingerprint density at radius 3 is 2.16 bits per heavy atom. The number of carbonyl (C=O) groups excluding carboxylic acids is 1. The zero-order chi connectivity index (χ0) is 26.7. The molecule has 2 saturated heterocycles. The van der Waals surface area contributed by atoms with Crippen LogP contribution in [0.2, 0.25) is 0 Å². The summed E-state index contributed by atoms with van der Waals surface area (Å²) in [7, 11) is 0. The van der Waals surface area contributed by atoms with Crippen molar-refractivity contribution in [1.82, 2.24) is 19.8 Å². The largest absolute Gasteiger partial charge is 0.455 e. The van der Waals surface area contributed by atoms with Gasteiger partial charge in [-0.15, -0.1) is 0 Å². The molecule has 1 unspecified atom stereocenters. The van der Waals surface area contributed by atoms with E-state index in [1.807, 2.05) is 38.1 Å². The van der Waals surface area contributed by atoms with E-state index in [0.717, 1.165) is 78.6 Å². The number of benzene rings is 2. The van der Waals surface area contributed by atoms with Gasteiger partial charge < -0.3 is 9.64 Å². The smallest absolute Gasteiger partial charge is 0.316 e. The second-order valence-corrected chi connectivity index (χ2v) is 11.9. The van der Waals surface area contributed by atoms with Crippen LogP contribution in [0.25, 0.3) is 0 Å². The fourth-order valence-corrected chi connectivity index (χ4v) is 6.37. The van der Waals surface area contributed by atoms with Crippen LogP contribution in [-0.4, -0.2) is 57.4 Å². The first kappa shape index (κ1) is 26.8. The van der Waals surface area contributed by atoms with Crippen molar-refractivity contribution in [3.63, 3.8) is 0 Å². The fraction of sp³-hybridized carbons (Fsp3) is 0.452. The second kappa shape index (κ2) is 11.5. The molecule has 2 fully saturated rings. The first-order valence-corrected chi connectivity index (χ1v) is 14.4. The molecule has 0 radical (unpaired) electrons. The number of ether oxygens (including phenoxy) is 1. The van der Waals surface area contributed by atoms with E-state index in [4.69, 9.17) is 4.74 Å². The van der Waals surface area contributed by atoms with Gasteiger partial charge in [0.25, 0.3) is 5.91 Å². The summed E-state index contributed by atoms with van der Waals surface area (Å²) in [6, 6.07) is 16.7. The highest BCUT2D eigenvalue weighted by atomic mass is 79.9. The normalized spacial score (nSPS) is 19.2. The highest BCUT2D eigenvalue weighted by molar-refractivity contribution is 9.10. The molecule has 1 atom stereocenters. The third kappa shape index (κ3) is 5.79. The summed E-state index contributed by atoms with van der Waals surface area (Å²) < 4.78 is 7.44. The summed E-state index contributed by atoms with van der Waals surface area (Å²) in [6.07, 6.45) is 7.46. The van der Waals surface area contributed by atoms with Crippen LogP contribution < -0.4 is 4.74 Å². The van der Waals surface area contributed by atoms with Gasteiger partial charge in [0.1, 0.15) is 6.10 Å². The predicted octanol–water partition coefficient (Wildman–Crippen LogP) is 6.38. The number of carbonyl (C=O) groups is 1. The maximum atomic E-state index is 13.3. The van der Waals surface area contributed by atoms with Crippen molar-refractivity contribution in [3.05, 3.63) is 87.7 Å². The Kier molecular flexibility index (Phi) is 8.15. The van der Waals surface area contributed by atoms with Gasteiger partial charge in [0, 0.05) is 47.0 Å². The maximum Gasteiger partial charge on any atom is 0.316 e. The molecule has 2 aliphatic rings. The Balaban J connectivity index is 1.22. The molecule has 1 amide bonds. The van der Waals surface area contributed by atoms with Gasteiger partial charge in [-0.25, -0.2) is 9.97 Å². The molecule has 0 spiro atoms. The summed E-state index contributed by atoms with van der Waals surface area (Å²) in [5.41, 5.74) is 4.27. The van der Waals surface area contributed by atoms with Gasteiger partial charge in [-0.05, 0) is 94.4 Å². The molecule has 3 aromatic rings. The molecule has 0 N–H and O–H groups in total. The summed E-state index contributed by atoms with van der Waals surface area (Å²) in [5.74, 6) is 0.560. The van der Waals surface area contributed by atoms with Crippen LogP contribution in [0.1, 0.15) is 65.8 Å². The minimum Gasteiger partial charge on any atom is -0.455 e. The van der Waals surface area contributed by atoms with Crippen LogP contribution in [0.4, 0.5) is 0 Å². The van der Waals surface area contributed by atoms with Crippen molar-refractivity contribution in [1.29, 1.82) is 0 Å². The minimum absolute atomic E-state index is 0.0859. The summed E-state index contributed by atoms with van der Waals surface area (Å²) in [4.78, 5) is 26.7. The lowest BCUT2D eigenvalue weighted by atomic mass is 9.82. The standard InChI is InChI=1S/C31H37BrN4O2/c1-22-6-4-7-23(2)27(22)29(37)35-20-14-31(3,15-21-35)36-18-12-25(13-19-36)28(24-8-10-26(32)11-9-24)38-30-33-16-5-17-34-30/h4-11,16-17,25,28H,12-15,18-21H2,1-3H3. The Labute approximate surface area is 234 Å². The number of aryl methyl sites for hydroxylation is 2. The molecular formula is C31H37BrN4O2. The van der Waals surface area contributed by atoms with Crippen molar-refractivity contribution in [2.45, 2.75) is 58.1 Å². The maximum absolute atomic E-state index is 13.3. The number of likely N-dealkylation sites (tertiary alicyclic amines) is 2. The van der Waals surface area contributed by atoms with Crippen LogP contribution in [0.3, 0.4) is 0 Å². The first-order valence-electron chi connectivity index (χ1n) is 13.6.